The molecule has 0 radical (unpaired) electrons. The molecule has 0 N–H and O–H groups in total. The minimum Gasteiger partial charge on any atom is -0.455 e. The Hall–Kier alpha value is -8.41. The van der Waals surface area contributed by atoms with E-state index in [9.17, 15) is 0 Å². The number of fused-ring (bicyclic) bond motifs is 9. The van der Waals surface area contributed by atoms with E-state index in [0.717, 1.165) is 66.6 Å². The third-order valence-electron chi connectivity index (χ3n) is 13.5. The molecule has 5 nitrogen and oxygen atoms in total. The molecule has 3 aromatic heterocycles. The second-order valence-corrected chi connectivity index (χ2v) is 17.6. The first-order valence-corrected chi connectivity index (χ1v) is 22.2. The first kappa shape index (κ1) is 37.2. The summed E-state index contributed by atoms with van der Waals surface area (Å²) in [5.74, 6) is 1.88. The fourth-order valence-electron chi connectivity index (χ4n) is 10.3. The summed E-state index contributed by atoms with van der Waals surface area (Å²) < 4.78 is 9.41. The molecule has 12 aromatic rings. The molecule has 0 fully saturated rings. The number of furan rings is 1. The van der Waals surface area contributed by atoms with Crippen LogP contribution in [0.1, 0.15) is 25.0 Å². The highest BCUT2D eigenvalue weighted by molar-refractivity contribution is 6.14. The van der Waals surface area contributed by atoms with Crippen molar-refractivity contribution in [3.63, 3.8) is 0 Å². The first-order valence-electron chi connectivity index (χ1n) is 22.2. The van der Waals surface area contributed by atoms with Gasteiger partial charge in [0.15, 0.2) is 17.5 Å². The van der Waals surface area contributed by atoms with Crippen LogP contribution in [0.3, 0.4) is 0 Å². The predicted molar refractivity (Wildman–Crippen MR) is 266 cm³/mol. The summed E-state index contributed by atoms with van der Waals surface area (Å²) in [4.78, 5) is 14.9. The van der Waals surface area contributed by atoms with Gasteiger partial charge in [-0.25, -0.2) is 15.0 Å². The van der Waals surface area contributed by atoms with Gasteiger partial charge in [0.2, 0.25) is 0 Å². The van der Waals surface area contributed by atoms with Gasteiger partial charge in [0, 0.05) is 60.5 Å². The van der Waals surface area contributed by atoms with E-state index in [1.807, 2.05) is 60.7 Å². The van der Waals surface area contributed by atoms with Gasteiger partial charge in [-0.1, -0.05) is 184 Å². The summed E-state index contributed by atoms with van der Waals surface area (Å²) in [6.45, 7) is 4.70. The van der Waals surface area contributed by atoms with Crippen molar-refractivity contribution < 1.29 is 4.42 Å². The highest BCUT2D eigenvalue weighted by atomic mass is 16.3. The zero-order valence-electron chi connectivity index (χ0n) is 35.8. The first-order chi connectivity index (χ1) is 32.0. The lowest BCUT2D eigenvalue weighted by Gasteiger charge is -2.21. The molecule has 0 spiro atoms. The normalized spacial score (nSPS) is 12.9. The summed E-state index contributed by atoms with van der Waals surface area (Å²) in [5, 5.41) is 4.68. The SMILES string of the molecule is CC1(C)c2ccccc2-c2cc3c4ccccc4n(-c4ccc(-c5cccc6c5oc5c(-c7cccc(-c8nc(-c9ccccc9)nc(-c9ccccc9)n8)c7)cccc56)cc4)c3cc21. The van der Waals surface area contributed by atoms with E-state index >= 15 is 0 Å². The molecule has 9 aromatic carbocycles. The van der Waals surface area contributed by atoms with Gasteiger partial charge in [0.1, 0.15) is 11.2 Å². The molecule has 0 atom stereocenters. The Bertz CT molecular complexity index is 3790. The van der Waals surface area contributed by atoms with Crippen LogP contribution in [0.25, 0.3) is 117 Å². The zero-order valence-corrected chi connectivity index (χ0v) is 35.8. The molecule has 0 amide bonds. The van der Waals surface area contributed by atoms with Crippen molar-refractivity contribution in [2.45, 2.75) is 19.3 Å². The fraction of sp³-hybridized carbons (Fsp3) is 0.0500. The van der Waals surface area contributed by atoms with Crippen molar-refractivity contribution in [1.29, 1.82) is 0 Å². The Labute approximate surface area is 376 Å². The molecule has 0 saturated carbocycles. The third kappa shape index (κ3) is 5.82. The van der Waals surface area contributed by atoms with Crippen LogP contribution in [-0.2, 0) is 5.41 Å². The number of hydrogen-bond acceptors (Lipinski definition) is 4. The Balaban J connectivity index is 0.899. The number of para-hydroxylation sites is 3. The summed E-state index contributed by atoms with van der Waals surface area (Å²) in [7, 11) is 0. The smallest absolute Gasteiger partial charge is 0.164 e. The maximum Gasteiger partial charge on any atom is 0.164 e. The molecule has 65 heavy (non-hydrogen) atoms. The molecular formula is C60H40N4O. The van der Waals surface area contributed by atoms with E-state index in [1.165, 1.54) is 44.1 Å². The number of nitrogens with zero attached hydrogens (tertiary/aromatic N) is 4. The van der Waals surface area contributed by atoms with Gasteiger partial charge < -0.3 is 8.98 Å². The van der Waals surface area contributed by atoms with Crippen molar-refractivity contribution >= 4 is 43.7 Å². The van der Waals surface area contributed by atoms with Gasteiger partial charge in [-0.2, -0.15) is 0 Å². The van der Waals surface area contributed by atoms with Crippen LogP contribution in [0.2, 0.25) is 0 Å². The van der Waals surface area contributed by atoms with E-state index in [-0.39, 0.29) is 5.41 Å². The van der Waals surface area contributed by atoms with E-state index in [4.69, 9.17) is 19.4 Å². The quantitative estimate of drug-likeness (QED) is 0.167. The van der Waals surface area contributed by atoms with Gasteiger partial charge in [-0.3, -0.25) is 0 Å². The molecule has 0 aliphatic heterocycles. The lowest BCUT2D eigenvalue weighted by atomic mass is 9.82. The summed E-state index contributed by atoms with van der Waals surface area (Å²) >= 11 is 0. The monoisotopic (exact) mass is 832 g/mol. The second kappa shape index (κ2) is 14.3. The average Bonchev–Trinajstić information content (AvgIpc) is 3.99. The van der Waals surface area contributed by atoms with Crippen LogP contribution in [0, 0.1) is 0 Å². The fourth-order valence-corrected chi connectivity index (χ4v) is 10.3. The number of rotatable bonds is 6. The topological polar surface area (TPSA) is 56.7 Å². The lowest BCUT2D eigenvalue weighted by molar-refractivity contribution is 0.661. The summed E-state index contributed by atoms with van der Waals surface area (Å²) in [6.07, 6.45) is 0. The van der Waals surface area contributed by atoms with Gasteiger partial charge >= 0.3 is 0 Å². The van der Waals surface area contributed by atoms with E-state index in [1.54, 1.807) is 0 Å². The minimum absolute atomic E-state index is 0.0909. The van der Waals surface area contributed by atoms with Crippen molar-refractivity contribution in [3.05, 3.63) is 217 Å². The summed E-state index contributed by atoms with van der Waals surface area (Å²) in [6, 6.07) is 73.0. The van der Waals surface area contributed by atoms with Crippen molar-refractivity contribution in [2.24, 2.45) is 0 Å². The van der Waals surface area contributed by atoms with E-state index in [2.05, 4.69) is 164 Å². The molecule has 306 valence electrons. The molecule has 1 aliphatic rings. The maximum atomic E-state index is 6.98. The van der Waals surface area contributed by atoms with Gasteiger partial charge in [0.05, 0.1) is 11.0 Å². The minimum atomic E-state index is -0.0909. The highest BCUT2D eigenvalue weighted by Crippen LogP contribution is 2.51. The lowest BCUT2D eigenvalue weighted by Crippen LogP contribution is -2.14. The van der Waals surface area contributed by atoms with Crippen molar-refractivity contribution in [2.75, 3.05) is 0 Å². The van der Waals surface area contributed by atoms with Crippen molar-refractivity contribution in [3.8, 4) is 73.2 Å². The van der Waals surface area contributed by atoms with Crippen LogP contribution < -0.4 is 0 Å². The van der Waals surface area contributed by atoms with Crippen LogP contribution in [0.4, 0.5) is 0 Å². The standard InChI is InChI=1S/C60H40N4O/c1-60(2)51-28-11-9-22-45(51)49-35-50-46-23-10-12-29-53(46)64(54(50)36-52(49)60)42-32-30-37(31-33-42)43-24-14-26-47-48-27-15-25-44(56(48)65-55(43)47)40-20-13-21-41(34-40)59-62-57(38-16-5-3-6-17-38)61-58(63-59)39-18-7-4-8-19-39/h3-36H,1-2H3. The van der Waals surface area contributed by atoms with Gasteiger partial charge in [-0.05, 0) is 69.8 Å². The molecular weight excluding hydrogens is 793 g/mol. The molecule has 5 heteroatoms. The maximum absolute atomic E-state index is 6.98. The number of benzene rings is 9. The second-order valence-electron chi connectivity index (χ2n) is 17.6. The van der Waals surface area contributed by atoms with Crippen LogP contribution in [-0.4, -0.2) is 19.5 Å². The van der Waals surface area contributed by atoms with E-state index < -0.39 is 0 Å². The predicted octanol–water partition coefficient (Wildman–Crippen LogP) is 15.5. The highest BCUT2D eigenvalue weighted by Gasteiger charge is 2.36. The Morgan fingerprint density at radius 1 is 0.354 bits per heavy atom. The Morgan fingerprint density at radius 2 is 0.877 bits per heavy atom. The Morgan fingerprint density at radius 3 is 1.57 bits per heavy atom. The molecule has 0 unspecified atom stereocenters. The summed E-state index contributed by atoms with van der Waals surface area (Å²) in [5.41, 5.74) is 17.5. The van der Waals surface area contributed by atoms with Crippen LogP contribution in [0.15, 0.2) is 211 Å². The molecule has 13 rings (SSSR count). The van der Waals surface area contributed by atoms with Crippen LogP contribution >= 0.6 is 0 Å². The molecule has 3 heterocycles. The molecule has 0 saturated heterocycles. The van der Waals surface area contributed by atoms with Gasteiger partial charge in [0.25, 0.3) is 0 Å². The number of aromatic nitrogens is 4. The van der Waals surface area contributed by atoms with Gasteiger partial charge in [-0.15, -0.1) is 0 Å². The molecule has 1 aliphatic carbocycles. The zero-order chi connectivity index (χ0) is 43.2. The van der Waals surface area contributed by atoms with E-state index in [0.29, 0.717) is 17.5 Å². The number of hydrogen-bond donors (Lipinski definition) is 0. The van der Waals surface area contributed by atoms with Crippen molar-refractivity contribution in [1.82, 2.24) is 19.5 Å². The average molecular weight is 833 g/mol. The largest absolute Gasteiger partial charge is 0.455 e. The Kier molecular flexibility index (Phi) is 8.18. The molecule has 0 bridgehead atoms. The van der Waals surface area contributed by atoms with Crippen LogP contribution in [0.5, 0.6) is 0 Å². The third-order valence-corrected chi connectivity index (χ3v) is 13.5.